The summed E-state index contributed by atoms with van der Waals surface area (Å²) in [6.45, 7) is -0.00641. The highest BCUT2D eigenvalue weighted by Crippen LogP contribution is 2.36. The first kappa shape index (κ1) is 33.1. The number of nitrogens with zero attached hydrogens (tertiary/aromatic N) is 3. The van der Waals surface area contributed by atoms with Crippen LogP contribution in [0.4, 0.5) is 26.3 Å². The molecule has 0 bridgehead atoms. The van der Waals surface area contributed by atoms with Crippen molar-refractivity contribution in [2.75, 3.05) is 26.8 Å². The van der Waals surface area contributed by atoms with Crippen LogP contribution in [0.15, 0.2) is 66.9 Å². The number of alkyl halides is 6. The summed E-state index contributed by atoms with van der Waals surface area (Å²) in [6, 6.07) is 14.2. The average molecular weight is 624 g/mol. The van der Waals surface area contributed by atoms with Gasteiger partial charge in [-0.1, -0.05) is 49.6 Å². The van der Waals surface area contributed by atoms with E-state index in [0.717, 1.165) is 48.3 Å². The lowest BCUT2D eigenvalue weighted by Crippen LogP contribution is -2.48. The van der Waals surface area contributed by atoms with Crippen molar-refractivity contribution in [1.29, 1.82) is 0 Å². The van der Waals surface area contributed by atoms with Gasteiger partial charge in [0, 0.05) is 43.7 Å². The minimum absolute atomic E-state index is 0.0310. The molecule has 1 aromatic heterocycles. The first-order chi connectivity index (χ1) is 20.9. The van der Waals surface area contributed by atoms with Gasteiger partial charge in [0.15, 0.2) is 0 Å². The Balaban J connectivity index is 1.62. The van der Waals surface area contributed by atoms with E-state index in [1.54, 1.807) is 4.90 Å². The van der Waals surface area contributed by atoms with E-state index in [9.17, 15) is 35.9 Å². The van der Waals surface area contributed by atoms with Crippen LogP contribution in [0.2, 0.25) is 0 Å². The molecule has 0 aliphatic heterocycles. The highest BCUT2D eigenvalue weighted by Gasteiger charge is 2.38. The maximum atomic E-state index is 13.9. The molecule has 0 atom stereocenters. The molecular formula is C32H35F6N3O3. The molecular weight excluding hydrogens is 588 g/mol. The molecule has 1 saturated carbocycles. The van der Waals surface area contributed by atoms with E-state index in [2.05, 4.69) is 0 Å². The number of hydrogen-bond acceptors (Lipinski definition) is 3. The molecule has 0 spiro atoms. The maximum absolute atomic E-state index is 13.9. The summed E-state index contributed by atoms with van der Waals surface area (Å²) in [4.78, 5) is 30.1. The third-order valence-electron chi connectivity index (χ3n) is 7.80. The molecule has 2 amide bonds. The van der Waals surface area contributed by atoms with Crippen LogP contribution in [-0.2, 0) is 35.0 Å². The Morgan fingerprint density at radius 2 is 1.52 bits per heavy atom. The molecule has 1 aliphatic rings. The van der Waals surface area contributed by atoms with Crippen LogP contribution in [0.1, 0.15) is 64.8 Å². The lowest BCUT2D eigenvalue weighted by Gasteiger charge is -2.36. The minimum atomic E-state index is -5.12. The number of halogens is 6. The van der Waals surface area contributed by atoms with Gasteiger partial charge in [-0.3, -0.25) is 9.59 Å². The molecule has 0 unspecified atom stereocenters. The standard InChI is InChI=1S/C32H35F6N3O3/c1-44-16-15-40(30(43)24-17-25(31(33,34)35)19-26(18-24)32(36,37)38)22-29(42)41(27-11-6-3-7-12-27)21-28-13-8-14-39(28)20-23-9-4-2-5-10-23/h2,4-5,8-10,13-14,17-19,27H,3,6-7,11-12,15-16,20-22H2,1H3. The molecule has 1 fully saturated rings. The summed E-state index contributed by atoms with van der Waals surface area (Å²) in [5.74, 6) is -1.57. The smallest absolute Gasteiger partial charge is 0.383 e. The molecule has 0 saturated heterocycles. The maximum Gasteiger partial charge on any atom is 0.416 e. The molecule has 238 valence electrons. The van der Waals surface area contributed by atoms with Crippen molar-refractivity contribution in [3.8, 4) is 0 Å². The Hall–Kier alpha value is -3.80. The predicted molar refractivity (Wildman–Crippen MR) is 152 cm³/mol. The molecule has 2 aromatic carbocycles. The number of ether oxygens (including phenoxy) is 1. The van der Waals surface area contributed by atoms with Crippen LogP contribution in [0.5, 0.6) is 0 Å². The normalized spacial score (nSPS) is 14.4. The van der Waals surface area contributed by atoms with Crippen LogP contribution in [0, 0.1) is 0 Å². The second-order valence-electron chi connectivity index (χ2n) is 10.9. The van der Waals surface area contributed by atoms with Crippen molar-refractivity contribution in [3.63, 3.8) is 0 Å². The highest BCUT2D eigenvalue weighted by molar-refractivity contribution is 5.97. The van der Waals surface area contributed by atoms with E-state index in [1.165, 1.54) is 7.11 Å². The Kier molecular flexibility index (Phi) is 10.8. The monoisotopic (exact) mass is 623 g/mol. The van der Waals surface area contributed by atoms with E-state index >= 15 is 0 Å². The van der Waals surface area contributed by atoms with Gasteiger partial charge in [-0.15, -0.1) is 0 Å². The Morgan fingerprint density at radius 3 is 2.11 bits per heavy atom. The van der Waals surface area contributed by atoms with Gasteiger partial charge in [-0.05, 0) is 48.7 Å². The van der Waals surface area contributed by atoms with Gasteiger partial charge in [0.25, 0.3) is 5.91 Å². The summed E-state index contributed by atoms with van der Waals surface area (Å²) in [5, 5.41) is 0. The van der Waals surface area contributed by atoms with Crippen LogP contribution >= 0.6 is 0 Å². The first-order valence-electron chi connectivity index (χ1n) is 14.4. The molecule has 6 nitrogen and oxygen atoms in total. The van der Waals surface area contributed by atoms with Gasteiger partial charge < -0.3 is 19.1 Å². The highest BCUT2D eigenvalue weighted by atomic mass is 19.4. The largest absolute Gasteiger partial charge is 0.416 e. The van der Waals surface area contributed by atoms with Gasteiger partial charge in [-0.2, -0.15) is 26.3 Å². The van der Waals surface area contributed by atoms with E-state index in [1.807, 2.05) is 53.2 Å². The first-order valence-corrected chi connectivity index (χ1v) is 14.4. The SMILES string of the molecule is COCCN(CC(=O)N(Cc1cccn1Cc1ccccc1)C1CCCCC1)C(=O)c1cc(C(F)(F)F)cc(C(F)(F)F)c1. The van der Waals surface area contributed by atoms with E-state index < -0.39 is 47.4 Å². The number of hydrogen-bond donors (Lipinski definition) is 0. The van der Waals surface area contributed by atoms with Crippen molar-refractivity contribution in [2.45, 2.75) is 63.6 Å². The van der Waals surface area contributed by atoms with Crippen LogP contribution in [0.3, 0.4) is 0 Å². The molecule has 4 rings (SSSR count). The molecule has 0 N–H and O–H groups in total. The zero-order valence-corrected chi connectivity index (χ0v) is 24.3. The number of methoxy groups -OCH3 is 1. The van der Waals surface area contributed by atoms with Crippen molar-refractivity contribution in [3.05, 3.63) is 94.8 Å². The second kappa shape index (κ2) is 14.3. The number of carbonyl (C=O) groups is 2. The van der Waals surface area contributed by atoms with Crippen molar-refractivity contribution >= 4 is 11.8 Å². The van der Waals surface area contributed by atoms with E-state index in [0.29, 0.717) is 18.7 Å². The fourth-order valence-electron chi connectivity index (χ4n) is 5.48. The number of benzene rings is 2. The summed E-state index contributed by atoms with van der Waals surface area (Å²) in [6.07, 6.45) is -3.97. The molecule has 1 aliphatic carbocycles. The van der Waals surface area contributed by atoms with Gasteiger partial charge in [0.2, 0.25) is 5.91 Å². The third-order valence-corrected chi connectivity index (χ3v) is 7.80. The average Bonchev–Trinajstić information content (AvgIpc) is 3.43. The number of aromatic nitrogens is 1. The second-order valence-corrected chi connectivity index (χ2v) is 10.9. The van der Waals surface area contributed by atoms with Crippen molar-refractivity contribution < 1.29 is 40.7 Å². The Labute approximate surface area is 252 Å². The molecule has 0 radical (unpaired) electrons. The lowest BCUT2D eigenvalue weighted by molar-refractivity contribution is -0.143. The molecule has 3 aromatic rings. The third kappa shape index (κ3) is 8.64. The van der Waals surface area contributed by atoms with E-state index in [4.69, 9.17) is 4.74 Å². The lowest BCUT2D eigenvalue weighted by atomic mass is 9.94. The number of amides is 2. The van der Waals surface area contributed by atoms with Crippen LogP contribution in [0.25, 0.3) is 0 Å². The molecule has 1 heterocycles. The Bertz CT molecular complexity index is 1370. The zero-order valence-electron chi connectivity index (χ0n) is 24.3. The topological polar surface area (TPSA) is 54.8 Å². The summed E-state index contributed by atoms with van der Waals surface area (Å²) >= 11 is 0. The number of carbonyl (C=O) groups excluding carboxylic acids is 2. The zero-order chi connectivity index (χ0) is 31.9. The summed E-state index contributed by atoms with van der Waals surface area (Å²) < 4.78 is 88.1. The molecule has 12 heteroatoms. The molecule has 44 heavy (non-hydrogen) atoms. The van der Waals surface area contributed by atoms with E-state index in [-0.39, 0.29) is 31.8 Å². The number of rotatable bonds is 11. The van der Waals surface area contributed by atoms with Gasteiger partial charge in [0.1, 0.15) is 6.54 Å². The van der Waals surface area contributed by atoms with Crippen LogP contribution in [-0.4, -0.2) is 59.0 Å². The fraction of sp³-hybridized carbons (Fsp3) is 0.438. The van der Waals surface area contributed by atoms with Gasteiger partial charge in [0.05, 0.1) is 24.3 Å². The minimum Gasteiger partial charge on any atom is -0.383 e. The summed E-state index contributed by atoms with van der Waals surface area (Å²) in [7, 11) is 1.34. The van der Waals surface area contributed by atoms with Gasteiger partial charge >= 0.3 is 12.4 Å². The Morgan fingerprint density at radius 1 is 0.886 bits per heavy atom. The van der Waals surface area contributed by atoms with Gasteiger partial charge in [-0.25, -0.2) is 0 Å². The quantitative estimate of drug-likeness (QED) is 0.216. The predicted octanol–water partition coefficient (Wildman–Crippen LogP) is 7.02. The summed E-state index contributed by atoms with van der Waals surface area (Å²) in [5.41, 5.74) is -2.09. The van der Waals surface area contributed by atoms with Crippen LogP contribution < -0.4 is 0 Å². The fourth-order valence-corrected chi connectivity index (χ4v) is 5.48. The van der Waals surface area contributed by atoms with Crippen molar-refractivity contribution in [2.24, 2.45) is 0 Å². The van der Waals surface area contributed by atoms with Crippen molar-refractivity contribution in [1.82, 2.24) is 14.4 Å².